The van der Waals surface area contributed by atoms with Gasteiger partial charge >= 0.3 is 11.9 Å². The molecule has 2 fully saturated rings. The van der Waals surface area contributed by atoms with E-state index in [0.717, 1.165) is 19.3 Å². The summed E-state index contributed by atoms with van der Waals surface area (Å²) in [5, 5.41) is 11.6. The molecule has 5 atom stereocenters. The van der Waals surface area contributed by atoms with Crippen LogP contribution in [0.2, 0.25) is 0 Å². The summed E-state index contributed by atoms with van der Waals surface area (Å²) in [5.41, 5.74) is 5.70. The Kier molecular flexibility index (Phi) is 6.29. The Hall–Kier alpha value is -1.28. The number of hydrogen-bond acceptors (Lipinski definition) is 6. The van der Waals surface area contributed by atoms with Crippen LogP contribution < -0.4 is 11.1 Å². The Morgan fingerprint density at radius 1 is 1.35 bits per heavy atom. The SMILES string of the molecule is CC1CCCC2CSC[C@@H](C(=O)O)NC(=O)[C@@H](N)COC(=O)C12. The molecule has 1 amide bonds. The van der Waals surface area contributed by atoms with E-state index < -0.39 is 24.0 Å². The van der Waals surface area contributed by atoms with E-state index in [1.165, 1.54) is 11.8 Å². The summed E-state index contributed by atoms with van der Waals surface area (Å²) in [6.07, 6.45) is 2.98. The average molecular weight is 344 g/mol. The van der Waals surface area contributed by atoms with Crippen molar-refractivity contribution in [3.05, 3.63) is 0 Å². The lowest BCUT2D eigenvalue weighted by Gasteiger charge is -2.35. The van der Waals surface area contributed by atoms with Crippen molar-refractivity contribution in [1.82, 2.24) is 5.32 Å². The van der Waals surface area contributed by atoms with Gasteiger partial charge in [-0.25, -0.2) is 4.79 Å². The van der Waals surface area contributed by atoms with Crippen LogP contribution in [-0.4, -0.2) is 53.1 Å². The van der Waals surface area contributed by atoms with Gasteiger partial charge in [-0.2, -0.15) is 11.8 Å². The van der Waals surface area contributed by atoms with Crippen molar-refractivity contribution in [1.29, 1.82) is 0 Å². The van der Waals surface area contributed by atoms with Gasteiger partial charge in [-0.3, -0.25) is 9.59 Å². The number of thioether (sulfide) groups is 1. The van der Waals surface area contributed by atoms with Crippen molar-refractivity contribution in [3.63, 3.8) is 0 Å². The molecule has 1 aliphatic heterocycles. The second kappa shape index (κ2) is 8.01. The highest BCUT2D eigenvalue weighted by atomic mass is 32.2. The minimum absolute atomic E-state index is 0.178. The van der Waals surface area contributed by atoms with Gasteiger partial charge in [-0.15, -0.1) is 0 Å². The quantitative estimate of drug-likeness (QED) is 0.582. The smallest absolute Gasteiger partial charge is 0.327 e. The minimum atomic E-state index is -1.08. The van der Waals surface area contributed by atoms with E-state index in [9.17, 15) is 19.5 Å². The zero-order chi connectivity index (χ0) is 17.0. The summed E-state index contributed by atoms with van der Waals surface area (Å²) >= 11 is 1.45. The molecule has 1 saturated heterocycles. The predicted octanol–water partition coefficient (Wildman–Crippen LogP) is 0.226. The number of carbonyl (C=O) groups excluding carboxylic acids is 2. The van der Waals surface area contributed by atoms with Crippen molar-refractivity contribution in [2.45, 2.75) is 38.3 Å². The summed E-state index contributed by atoms with van der Waals surface area (Å²) in [6.45, 7) is 1.82. The van der Waals surface area contributed by atoms with Gasteiger partial charge in [0.1, 0.15) is 18.7 Å². The van der Waals surface area contributed by atoms with Crippen LogP contribution in [0.25, 0.3) is 0 Å². The van der Waals surface area contributed by atoms with Crippen LogP contribution in [0.1, 0.15) is 26.2 Å². The largest absolute Gasteiger partial charge is 0.480 e. The molecule has 1 heterocycles. The van der Waals surface area contributed by atoms with Crippen LogP contribution in [0.4, 0.5) is 0 Å². The van der Waals surface area contributed by atoms with Crippen molar-refractivity contribution < 1.29 is 24.2 Å². The number of hydrogen-bond donors (Lipinski definition) is 3. The lowest BCUT2D eigenvalue weighted by atomic mass is 9.73. The Morgan fingerprint density at radius 2 is 2.09 bits per heavy atom. The van der Waals surface area contributed by atoms with Crippen LogP contribution in [0.5, 0.6) is 0 Å². The molecule has 0 spiro atoms. The van der Waals surface area contributed by atoms with Crippen LogP contribution in [-0.2, 0) is 19.1 Å². The van der Waals surface area contributed by atoms with E-state index >= 15 is 0 Å². The van der Waals surface area contributed by atoms with E-state index in [2.05, 4.69) is 5.32 Å². The monoisotopic (exact) mass is 344 g/mol. The number of carboxylic acid groups (broad SMARTS) is 1. The van der Waals surface area contributed by atoms with Crippen molar-refractivity contribution in [3.8, 4) is 0 Å². The van der Waals surface area contributed by atoms with E-state index in [0.29, 0.717) is 5.75 Å². The lowest BCUT2D eigenvalue weighted by Crippen LogP contribution is -2.52. The fourth-order valence-corrected chi connectivity index (χ4v) is 4.55. The number of esters is 1. The number of amides is 1. The molecule has 2 rings (SSSR count). The molecular formula is C15H24N2O5S. The highest BCUT2D eigenvalue weighted by Gasteiger charge is 2.38. The molecule has 0 bridgehead atoms. The van der Waals surface area contributed by atoms with Gasteiger partial charge in [0.25, 0.3) is 0 Å². The molecule has 0 aromatic heterocycles. The van der Waals surface area contributed by atoms with Gasteiger partial charge in [-0.05, 0) is 30.4 Å². The maximum atomic E-state index is 12.4. The number of nitrogens with two attached hydrogens (primary N) is 1. The third-order valence-electron chi connectivity index (χ3n) is 4.60. The second-order valence-electron chi connectivity index (χ2n) is 6.37. The number of carboxylic acids is 1. The Balaban J connectivity index is 2.14. The number of aliphatic carboxylic acids is 1. The standard InChI is InChI=1S/C15H24N2O5S/c1-8-3-2-4-9-6-23-7-11(14(19)20)17-13(18)10(16)5-22-15(21)12(8)9/h8-12H,2-7,16H2,1H3,(H,17,18)(H,19,20)/t8?,9?,10-,11-,12?/m0/s1. The lowest BCUT2D eigenvalue weighted by molar-refractivity contribution is -0.155. The molecule has 0 radical (unpaired) electrons. The zero-order valence-corrected chi connectivity index (χ0v) is 14.0. The maximum Gasteiger partial charge on any atom is 0.327 e. The van der Waals surface area contributed by atoms with E-state index in [1.54, 1.807) is 0 Å². The Morgan fingerprint density at radius 3 is 2.78 bits per heavy atom. The number of ether oxygens (including phenoxy) is 1. The number of rotatable bonds is 1. The van der Waals surface area contributed by atoms with Crippen LogP contribution in [0.3, 0.4) is 0 Å². The summed E-state index contributed by atoms with van der Waals surface area (Å²) in [4.78, 5) is 35.5. The van der Waals surface area contributed by atoms with E-state index in [1.807, 2.05) is 6.92 Å². The third-order valence-corrected chi connectivity index (χ3v) is 5.83. The summed E-state index contributed by atoms with van der Waals surface area (Å²) in [7, 11) is 0. The maximum absolute atomic E-state index is 12.4. The molecule has 1 saturated carbocycles. The van der Waals surface area contributed by atoms with Gasteiger partial charge in [0.05, 0.1) is 5.92 Å². The molecule has 8 heteroatoms. The fourth-order valence-electron chi connectivity index (χ4n) is 3.27. The van der Waals surface area contributed by atoms with Crippen molar-refractivity contribution in [2.75, 3.05) is 18.1 Å². The van der Waals surface area contributed by atoms with Crippen LogP contribution in [0.15, 0.2) is 0 Å². The molecule has 3 unspecified atom stereocenters. The second-order valence-corrected chi connectivity index (χ2v) is 7.44. The average Bonchev–Trinajstić information content (AvgIpc) is 2.50. The van der Waals surface area contributed by atoms with Gasteiger partial charge < -0.3 is 20.9 Å². The number of cyclic esters (lactones) is 1. The summed E-state index contributed by atoms with van der Waals surface area (Å²) < 4.78 is 5.25. The molecule has 23 heavy (non-hydrogen) atoms. The summed E-state index contributed by atoms with van der Waals surface area (Å²) in [5.74, 6) is -0.825. The molecule has 0 aromatic carbocycles. The Bertz CT molecular complexity index is 473. The van der Waals surface area contributed by atoms with Gasteiger partial charge in [0.15, 0.2) is 0 Å². The molecule has 2 aliphatic rings. The van der Waals surface area contributed by atoms with Crippen LogP contribution in [0, 0.1) is 17.8 Å². The van der Waals surface area contributed by atoms with Crippen molar-refractivity contribution >= 4 is 29.6 Å². The molecular weight excluding hydrogens is 320 g/mol. The number of fused-ring (bicyclic) bond motifs is 1. The third kappa shape index (κ3) is 4.60. The Labute approximate surface area is 139 Å². The molecule has 130 valence electrons. The first-order valence-corrected chi connectivity index (χ1v) is 9.08. The fraction of sp³-hybridized carbons (Fsp3) is 0.800. The number of nitrogens with one attached hydrogen (secondary N) is 1. The first-order valence-electron chi connectivity index (χ1n) is 7.93. The van der Waals surface area contributed by atoms with E-state index in [4.69, 9.17) is 10.5 Å². The predicted molar refractivity (Wildman–Crippen MR) is 85.8 cm³/mol. The first kappa shape index (κ1) is 18.1. The highest BCUT2D eigenvalue weighted by molar-refractivity contribution is 7.99. The first-order chi connectivity index (χ1) is 10.9. The molecule has 0 aromatic rings. The minimum Gasteiger partial charge on any atom is -0.480 e. The van der Waals surface area contributed by atoms with Gasteiger partial charge in [0, 0.05) is 5.75 Å². The van der Waals surface area contributed by atoms with Gasteiger partial charge in [0.2, 0.25) is 5.91 Å². The zero-order valence-electron chi connectivity index (χ0n) is 13.2. The van der Waals surface area contributed by atoms with Gasteiger partial charge in [-0.1, -0.05) is 13.3 Å². The molecule has 1 aliphatic carbocycles. The molecule has 7 nitrogen and oxygen atoms in total. The topological polar surface area (TPSA) is 119 Å². The van der Waals surface area contributed by atoms with E-state index in [-0.39, 0.29) is 36.1 Å². The van der Waals surface area contributed by atoms with Crippen LogP contribution >= 0.6 is 11.8 Å². The number of carbonyl (C=O) groups is 3. The summed E-state index contributed by atoms with van der Waals surface area (Å²) in [6, 6.07) is -2.03. The van der Waals surface area contributed by atoms with Crippen molar-refractivity contribution in [2.24, 2.45) is 23.5 Å². The highest BCUT2D eigenvalue weighted by Crippen LogP contribution is 2.37. The molecule has 4 N–H and O–H groups in total. The normalized spacial score (nSPS) is 36.7.